The predicted octanol–water partition coefficient (Wildman–Crippen LogP) is 0.184. The van der Waals surface area contributed by atoms with Gasteiger partial charge in [-0.05, 0) is 29.7 Å². The van der Waals surface area contributed by atoms with Gasteiger partial charge in [-0.25, -0.2) is 9.97 Å². The molecule has 4 aliphatic rings. The highest BCUT2D eigenvalue weighted by molar-refractivity contribution is 6.00. The minimum Gasteiger partial charge on any atom is -0.497 e. The molecular formula is C31H31N9O5. The lowest BCUT2D eigenvalue weighted by Gasteiger charge is -2.36. The van der Waals surface area contributed by atoms with E-state index in [9.17, 15) is 9.59 Å². The normalized spacial score (nSPS) is 23.4. The number of amides is 2. The van der Waals surface area contributed by atoms with Gasteiger partial charge in [-0.3, -0.25) is 25.3 Å². The smallest absolute Gasteiger partial charge is 0.256 e. The lowest BCUT2D eigenvalue weighted by atomic mass is 9.95. The molecule has 0 bridgehead atoms. The molecule has 3 fully saturated rings. The van der Waals surface area contributed by atoms with E-state index in [0.717, 1.165) is 11.4 Å². The molecule has 14 heteroatoms. The Kier molecular flexibility index (Phi) is 7.19. The van der Waals surface area contributed by atoms with E-state index in [-0.39, 0.29) is 12.5 Å². The number of amidine groups is 1. The van der Waals surface area contributed by atoms with Crippen molar-refractivity contribution in [2.24, 2.45) is 0 Å². The molecule has 45 heavy (non-hydrogen) atoms. The van der Waals surface area contributed by atoms with E-state index >= 15 is 0 Å². The second-order valence-corrected chi connectivity index (χ2v) is 11.1. The highest BCUT2D eigenvalue weighted by atomic mass is 16.6. The van der Waals surface area contributed by atoms with Crippen LogP contribution in [0.25, 0.3) is 0 Å². The van der Waals surface area contributed by atoms with Crippen LogP contribution in [0.4, 0.5) is 5.82 Å². The fourth-order valence-corrected chi connectivity index (χ4v) is 5.81. The van der Waals surface area contributed by atoms with Crippen LogP contribution in [0, 0.1) is 17.3 Å². The number of epoxide rings is 1. The number of benzene rings is 1. The molecule has 0 radical (unpaired) electrons. The third-order valence-corrected chi connectivity index (χ3v) is 8.37. The summed E-state index contributed by atoms with van der Waals surface area (Å²) in [7, 11) is 3.06. The number of pyridine rings is 1. The largest absolute Gasteiger partial charge is 0.497 e. The molecule has 2 amide bonds. The van der Waals surface area contributed by atoms with E-state index in [1.807, 2.05) is 11.0 Å². The van der Waals surface area contributed by atoms with Crippen molar-refractivity contribution in [3.63, 3.8) is 0 Å². The number of nitrogens with zero attached hydrogens (tertiary/aromatic N) is 6. The number of nitrogens with one attached hydrogen (secondary N) is 3. The van der Waals surface area contributed by atoms with E-state index in [2.05, 4.69) is 42.3 Å². The summed E-state index contributed by atoms with van der Waals surface area (Å²) in [5.41, 5.74) is 0.803. The number of ether oxygens (including phenoxy) is 3. The fraction of sp³-hybridized carbons (Fsp3) is 0.355. The number of hydrogen-bond donors (Lipinski definition) is 3. The first-order valence-electron chi connectivity index (χ1n) is 14.5. The Hall–Kier alpha value is -5.26. The van der Waals surface area contributed by atoms with Gasteiger partial charge in [0.1, 0.15) is 17.4 Å². The molecule has 3 unspecified atom stereocenters. The van der Waals surface area contributed by atoms with Crippen molar-refractivity contribution >= 4 is 23.5 Å². The third kappa shape index (κ3) is 5.36. The van der Waals surface area contributed by atoms with E-state index in [0.29, 0.717) is 66.9 Å². The van der Waals surface area contributed by atoms with Crippen LogP contribution in [0.15, 0.2) is 49.1 Å². The first kappa shape index (κ1) is 28.5. The lowest BCUT2D eigenvalue weighted by Crippen LogP contribution is -2.67. The van der Waals surface area contributed by atoms with Gasteiger partial charge in [0.25, 0.3) is 11.8 Å². The van der Waals surface area contributed by atoms with Gasteiger partial charge in [0, 0.05) is 62.4 Å². The van der Waals surface area contributed by atoms with Crippen molar-refractivity contribution in [3.05, 3.63) is 71.4 Å². The van der Waals surface area contributed by atoms with Crippen LogP contribution in [0.5, 0.6) is 11.5 Å². The number of aromatic nitrogens is 3. The molecule has 0 aliphatic carbocycles. The summed E-state index contributed by atoms with van der Waals surface area (Å²) in [6.07, 6.45) is 5.80. The molecule has 3 atom stereocenters. The average Bonchev–Trinajstić information content (AvgIpc) is 3.76. The molecule has 7 rings (SSSR count). The fourth-order valence-electron chi connectivity index (χ4n) is 5.81. The molecular weight excluding hydrogens is 578 g/mol. The number of hydrogen-bond acceptors (Lipinski definition) is 11. The van der Waals surface area contributed by atoms with E-state index < -0.39 is 23.9 Å². The van der Waals surface area contributed by atoms with Crippen LogP contribution in [0.3, 0.4) is 0 Å². The molecule has 1 aromatic carbocycles. The third-order valence-electron chi connectivity index (χ3n) is 8.37. The van der Waals surface area contributed by atoms with Gasteiger partial charge in [0.05, 0.1) is 27.0 Å². The highest BCUT2D eigenvalue weighted by Gasteiger charge is 2.56. The van der Waals surface area contributed by atoms with Crippen molar-refractivity contribution in [3.8, 4) is 23.3 Å². The molecule has 3 saturated heterocycles. The number of fused-ring (bicyclic) bond motifs is 2. The second kappa shape index (κ2) is 11.3. The quantitative estimate of drug-likeness (QED) is 0.151. The van der Waals surface area contributed by atoms with Crippen molar-refractivity contribution in [2.75, 3.05) is 51.8 Å². The first-order chi connectivity index (χ1) is 21.9. The Morgan fingerprint density at radius 3 is 2.69 bits per heavy atom. The standard InChI is InChI=1S/C31H31N9O5/c1-43-21-4-3-19-17-40(29(41)22(19)14-21)18-31(30(42)36-27-28(37-31)45-27)6-5-23-24(44-2)13-20(15-35-23)26(32)39-11-9-38(10-12-39)25-16-33-7-8-34-25/h3-4,7-8,13-16,27-28,32,37H,9-12,17-18H2,1-2H3,(H,36,42). The van der Waals surface area contributed by atoms with Crippen molar-refractivity contribution in [1.29, 1.82) is 5.41 Å². The van der Waals surface area contributed by atoms with E-state index in [4.69, 9.17) is 19.6 Å². The van der Waals surface area contributed by atoms with Gasteiger partial charge < -0.3 is 34.2 Å². The molecule has 3 N–H and O–H groups in total. The van der Waals surface area contributed by atoms with Crippen LogP contribution >= 0.6 is 0 Å². The lowest BCUT2D eigenvalue weighted by molar-refractivity contribution is -0.127. The summed E-state index contributed by atoms with van der Waals surface area (Å²) in [6, 6.07) is 7.09. The Balaban J connectivity index is 1.10. The minimum atomic E-state index is -1.46. The van der Waals surface area contributed by atoms with Crippen molar-refractivity contribution in [1.82, 2.24) is 35.4 Å². The van der Waals surface area contributed by atoms with Crippen LogP contribution in [0.2, 0.25) is 0 Å². The summed E-state index contributed by atoms with van der Waals surface area (Å²) in [5.74, 6) is 7.56. The predicted molar refractivity (Wildman–Crippen MR) is 161 cm³/mol. The van der Waals surface area contributed by atoms with Gasteiger partial charge in [0.2, 0.25) is 0 Å². The molecule has 14 nitrogen and oxygen atoms in total. The van der Waals surface area contributed by atoms with Crippen LogP contribution in [-0.4, -0.2) is 107 Å². The Labute approximate surface area is 259 Å². The maximum atomic E-state index is 13.4. The van der Waals surface area contributed by atoms with Crippen molar-refractivity contribution in [2.45, 2.75) is 24.5 Å². The van der Waals surface area contributed by atoms with Gasteiger partial charge >= 0.3 is 0 Å². The molecule has 3 aromatic rings. The number of rotatable bonds is 6. The number of piperazine rings is 2. The second-order valence-electron chi connectivity index (χ2n) is 11.1. The van der Waals surface area contributed by atoms with Gasteiger partial charge in [-0.15, -0.1) is 0 Å². The number of anilines is 1. The summed E-state index contributed by atoms with van der Waals surface area (Å²) in [6.45, 7) is 3.00. The van der Waals surface area contributed by atoms with Crippen LogP contribution in [-0.2, 0) is 16.1 Å². The van der Waals surface area contributed by atoms with Gasteiger partial charge in [0.15, 0.2) is 29.4 Å². The number of carbonyl (C=O) groups excluding carboxylic acids is 2. The van der Waals surface area contributed by atoms with E-state index in [1.54, 1.807) is 55.0 Å². The van der Waals surface area contributed by atoms with Crippen molar-refractivity contribution < 1.29 is 23.8 Å². The zero-order valence-electron chi connectivity index (χ0n) is 24.7. The molecule has 6 heterocycles. The summed E-state index contributed by atoms with van der Waals surface area (Å²) >= 11 is 0. The van der Waals surface area contributed by atoms with Crippen LogP contribution < -0.4 is 25.0 Å². The minimum absolute atomic E-state index is 0.0141. The Bertz CT molecular complexity index is 1730. The molecule has 0 saturated carbocycles. The monoisotopic (exact) mass is 609 g/mol. The summed E-state index contributed by atoms with van der Waals surface area (Å²) in [5, 5.41) is 14.9. The zero-order valence-corrected chi connectivity index (χ0v) is 24.7. The molecule has 2 aromatic heterocycles. The van der Waals surface area contributed by atoms with E-state index in [1.165, 1.54) is 7.11 Å². The molecule has 4 aliphatic heterocycles. The van der Waals surface area contributed by atoms with Gasteiger partial charge in [-0.2, -0.15) is 0 Å². The topological polar surface area (TPSA) is 161 Å². The summed E-state index contributed by atoms with van der Waals surface area (Å²) in [4.78, 5) is 45.5. The SMILES string of the molecule is COc1ccc2c(c1)C(=O)N(CC1(C#Cc3ncc(C(=N)N4CCN(c5cnccn5)CC4)cc3OC)NC3OC3NC1=O)C2. The summed E-state index contributed by atoms with van der Waals surface area (Å²) < 4.78 is 16.4. The maximum Gasteiger partial charge on any atom is 0.256 e. The molecule has 0 spiro atoms. The highest BCUT2D eigenvalue weighted by Crippen LogP contribution is 2.31. The number of carbonyl (C=O) groups is 2. The molecule has 230 valence electrons. The van der Waals surface area contributed by atoms with Crippen LogP contribution in [0.1, 0.15) is 27.2 Å². The average molecular weight is 610 g/mol. The first-order valence-corrected chi connectivity index (χ1v) is 14.5. The van der Waals surface area contributed by atoms with Gasteiger partial charge in [-0.1, -0.05) is 12.0 Å². The Morgan fingerprint density at radius 1 is 1.09 bits per heavy atom. The Morgan fingerprint density at radius 2 is 1.93 bits per heavy atom. The number of methoxy groups -OCH3 is 2. The zero-order chi connectivity index (χ0) is 31.1. The maximum absolute atomic E-state index is 13.4.